The fraction of sp³-hybridized carbons (Fsp3) is 0.0164. The molecule has 146 heavy (non-hydrogen) atoms. The molecule has 16 nitrogen and oxygen atoms in total. The van der Waals surface area contributed by atoms with Crippen LogP contribution in [-0.4, -0.2) is 94.2 Å². The Balaban J connectivity index is 0.000000125. The molecule has 0 saturated carbocycles. The highest BCUT2D eigenvalue weighted by molar-refractivity contribution is 7.20. The third kappa shape index (κ3) is 15.8. The summed E-state index contributed by atoms with van der Waals surface area (Å²) in [6.45, 7) is 0. The Labute approximate surface area is 869 Å². The van der Waals surface area contributed by atoms with Gasteiger partial charge in [-0.15, -0.1) is 0 Å². The molecule has 0 unspecified atom stereocenters. The molecule has 0 atom stereocenters. The topological polar surface area (TPSA) is 174 Å². The number of fused-ring (bicyclic) bond motifs is 12. The molecule has 8 heterocycles. The maximum absolute atomic E-state index is 6.67. The lowest BCUT2D eigenvalue weighted by Crippen LogP contribution is -2.74. The first-order valence-corrected chi connectivity index (χ1v) is 53.9. The molecule has 29 rings (SSSR count). The van der Waals surface area contributed by atoms with Gasteiger partial charge in [0.1, 0.15) is 0 Å². The molecular formula is C122H78Cl6N16Si2. The quantitative estimate of drug-likeness (QED) is 0.0745. The van der Waals surface area contributed by atoms with Crippen molar-refractivity contribution >= 4 is 214 Å². The van der Waals surface area contributed by atoms with Gasteiger partial charge >= 0.3 is 0 Å². The summed E-state index contributed by atoms with van der Waals surface area (Å²) in [5, 5.41) is 19.9. The maximum Gasteiger partial charge on any atom is 0.240 e. The maximum atomic E-state index is 6.67. The Morgan fingerprint density at radius 1 is 0.171 bits per heavy atom. The summed E-state index contributed by atoms with van der Waals surface area (Å²) in [6, 6.07) is 165. The van der Waals surface area contributed by atoms with Gasteiger partial charge in [0.2, 0.25) is 55.5 Å². The van der Waals surface area contributed by atoms with Crippen molar-refractivity contribution < 1.29 is 0 Å². The Kier molecular flexibility index (Phi) is 23.7. The lowest BCUT2D eigenvalue weighted by atomic mass is 9.60. The number of para-hydroxylation sites is 7. The molecule has 0 amide bonds. The molecule has 0 saturated heterocycles. The molecule has 2 bridgehead atoms. The van der Waals surface area contributed by atoms with E-state index < -0.39 is 16.1 Å². The normalized spacial score (nSPS) is 13.0. The highest BCUT2D eigenvalue weighted by Crippen LogP contribution is 2.58. The molecule has 26 aromatic rings. The molecule has 18 aromatic carbocycles. The number of rotatable bonds is 14. The van der Waals surface area contributed by atoms with Crippen LogP contribution >= 0.6 is 69.6 Å². The van der Waals surface area contributed by atoms with E-state index in [0.29, 0.717) is 35.4 Å². The van der Waals surface area contributed by atoms with Crippen molar-refractivity contribution in [2.45, 2.75) is 11.8 Å². The summed E-state index contributed by atoms with van der Waals surface area (Å²) >= 11 is 34.4. The second kappa shape index (κ2) is 38.2. The first kappa shape index (κ1) is 90.6. The van der Waals surface area contributed by atoms with Crippen LogP contribution in [0.2, 0.25) is 31.7 Å². The molecule has 8 aromatic heterocycles. The summed E-state index contributed by atoms with van der Waals surface area (Å²) in [7, 11) is -5.62. The molecular weight excluding hydrogens is 1960 g/mol. The van der Waals surface area contributed by atoms with E-state index in [1.807, 2.05) is 53.1 Å². The van der Waals surface area contributed by atoms with Gasteiger partial charge in [-0.3, -0.25) is 18.3 Å². The van der Waals surface area contributed by atoms with E-state index in [1.165, 1.54) is 85.6 Å². The van der Waals surface area contributed by atoms with Gasteiger partial charge in [0.15, 0.2) is 27.8 Å². The summed E-state index contributed by atoms with van der Waals surface area (Å²) in [4.78, 5) is 53.7. The van der Waals surface area contributed by atoms with Crippen LogP contribution in [0.1, 0.15) is 45.2 Å². The van der Waals surface area contributed by atoms with Gasteiger partial charge < -0.3 is 0 Å². The number of benzene rings is 18. The fourth-order valence-electron chi connectivity index (χ4n) is 22.2. The molecule has 0 N–H and O–H groups in total. The zero-order valence-corrected chi connectivity index (χ0v) is 84.0. The van der Waals surface area contributed by atoms with Gasteiger partial charge in [-0.2, -0.15) is 59.8 Å². The SMILES string of the molecule is Clc1nc(-c2cccc([Si](c3ccccc3)(c3ccccc3)c3ccccc3)c2)nc(-n2c3ccccc3c3ccccc32)n1.Clc1nc(Cl)nc(-n2c3ccccc3c3ccccc32)n1.Clc1nc(Cl)nc(Cl)n1.c1ccc([Si](c2ccccc2)(c2ccccc2)c2cccc(-c3nc(-n4c5ccccc5c5ccccc54)nc(-n4c5ccccc5c5c6c(ccc54)C4c5ccccc5C6c5ccccc54)n3)c2)cc1. The van der Waals surface area contributed by atoms with Crippen LogP contribution in [-0.2, 0) is 0 Å². The highest BCUT2D eigenvalue weighted by Gasteiger charge is 2.46. The Bertz CT molecular complexity index is 9070. The zero-order valence-electron chi connectivity index (χ0n) is 77.5. The predicted molar refractivity (Wildman–Crippen MR) is 600 cm³/mol. The summed E-state index contributed by atoms with van der Waals surface area (Å²) in [6.07, 6.45) is 0. The van der Waals surface area contributed by atoms with Crippen LogP contribution in [0.15, 0.2) is 461 Å². The Morgan fingerprint density at radius 2 is 0.404 bits per heavy atom. The average Bonchev–Trinajstić information content (AvgIpc) is 1.61. The summed E-state index contributed by atoms with van der Waals surface area (Å²) < 4.78 is 8.53. The molecule has 696 valence electrons. The van der Waals surface area contributed by atoms with Crippen LogP contribution in [0.3, 0.4) is 0 Å². The van der Waals surface area contributed by atoms with Gasteiger partial charge in [0, 0.05) is 66.1 Å². The van der Waals surface area contributed by atoms with Gasteiger partial charge in [-0.1, -0.05) is 413 Å². The second-order valence-electron chi connectivity index (χ2n) is 35.7. The van der Waals surface area contributed by atoms with E-state index in [0.717, 1.165) is 87.6 Å². The third-order valence-electron chi connectivity index (χ3n) is 28.0. The number of hydrogen-bond donors (Lipinski definition) is 0. The van der Waals surface area contributed by atoms with E-state index in [2.05, 4.69) is 466 Å². The first-order chi connectivity index (χ1) is 71.9. The van der Waals surface area contributed by atoms with Crippen molar-refractivity contribution in [3.05, 3.63) is 526 Å². The van der Waals surface area contributed by atoms with E-state index >= 15 is 0 Å². The predicted octanol–water partition coefficient (Wildman–Crippen LogP) is 24.9. The van der Waals surface area contributed by atoms with E-state index in [9.17, 15) is 0 Å². The van der Waals surface area contributed by atoms with Gasteiger partial charge in [-0.25, -0.2) is 0 Å². The number of hydrogen-bond acceptors (Lipinski definition) is 12. The third-order valence-corrected chi connectivity index (χ3v) is 38.5. The lowest BCUT2D eigenvalue weighted by molar-refractivity contribution is 0.761. The van der Waals surface area contributed by atoms with E-state index in [-0.39, 0.29) is 43.5 Å². The molecule has 0 aliphatic heterocycles. The number of aromatic nitrogens is 16. The monoisotopic (exact) mass is 2030 g/mol. The van der Waals surface area contributed by atoms with Crippen LogP contribution in [0.25, 0.3) is 134 Å². The minimum Gasteiger partial charge on any atom is -0.278 e. The van der Waals surface area contributed by atoms with Gasteiger partial charge in [0.25, 0.3) is 0 Å². The molecule has 3 aliphatic rings. The van der Waals surface area contributed by atoms with Crippen molar-refractivity contribution in [3.63, 3.8) is 0 Å². The lowest BCUT2D eigenvalue weighted by Gasteiger charge is -2.42. The fourth-order valence-corrected chi connectivity index (χ4v) is 32.9. The molecule has 0 spiro atoms. The highest BCUT2D eigenvalue weighted by atomic mass is 35.5. The standard InChI is InChI=1S/C65H43N5Si.C39H27ClN4Si.C15H8Cl2N4.C3Cl3N3/c1-4-22-43(23-5-1)71(44-24-6-2-7-25-44,45-26-8-3-9-27-45)46-28-20-21-42(41-46)63-66-64(69-55-36-17-14-29-47(55)48-30-15-18-37-56(48)69)68-65(67-63)70-57-38-19-16-35-53(57)61-58(70)40-39-54-59-49-31-10-12-33-51(49)60(62(54)61)52-34-13-11-32-50(52)59;40-38-41-37(42-39(43-38)44-35-25-12-10-23-33(35)34-24-11-13-26-36(34)44)28-15-14-22-32(27-28)45(29-16-4-1-5-17-29,30-18-6-2-7-19-30)31-20-8-3-9-21-31;16-13-18-14(17)20-15(19-13)21-11-7-3-1-5-9(11)10-6-2-4-8-12(10)21;4-1-7-2(5)9-3(6)8-1/h1-41,59-60H;1-27H;1-8H;. The smallest absolute Gasteiger partial charge is 0.240 e. The van der Waals surface area contributed by atoms with Crippen LogP contribution in [0, 0.1) is 0 Å². The molecule has 0 radical (unpaired) electrons. The average molecular weight is 2040 g/mol. The van der Waals surface area contributed by atoms with Crippen molar-refractivity contribution in [2.24, 2.45) is 0 Å². The summed E-state index contributed by atoms with van der Waals surface area (Å²) in [5.41, 5.74) is 18.4. The van der Waals surface area contributed by atoms with Crippen molar-refractivity contribution in [1.82, 2.24) is 78.1 Å². The van der Waals surface area contributed by atoms with Gasteiger partial charge in [0.05, 0.1) is 44.1 Å². The number of nitrogens with zero attached hydrogens (tertiary/aromatic N) is 16. The largest absolute Gasteiger partial charge is 0.278 e. The van der Waals surface area contributed by atoms with E-state index in [4.69, 9.17) is 89.5 Å². The summed E-state index contributed by atoms with van der Waals surface area (Å²) in [5.74, 6) is 3.44. The van der Waals surface area contributed by atoms with Gasteiger partial charge in [-0.05, 0) is 193 Å². The zero-order chi connectivity index (χ0) is 98.1. The van der Waals surface area contributed by atoms with Crippen LogP contribution in [0.4, 0.5) is 0 Å². The Morgan fingerprint density at radius 3 is 0.726 bits per heavy atom. The Hall–Kier alpha value is -16.6. The minimum atomic E-state index is -2.90. The van der Waals surface area contributed by atoms with Crippen molar-refractivity contribution in [3.8, 4) is 46.6 Å². The minimum absolute atomic E-state index is 0.000000000000000444. The van der Waals surface area contributed by atoms with Crippen molar-refractivity contribution in [2.75, 3.05) is 0 Å². The molecule has 3 aliphatic carbocycles. The van der Waals surface area contributed by atoms with E-state index in [1.54, 1.807) is 0 Å². The van der Waals surface area contributed by atoms with Crippen LogP contribution in [0.5, 0.6) is 0 Å². The molecule has 0 fully saturated rings. The molecule has 24 heteroatoms. The van der Waals surface area contributed by atoms with Crippen LogP contribution < -0.4 is 41.5 Å². The number of halogens is 6. The first-order valence-electron chi connectivity index (χ1n) is 47.6. The second-order valence-corrected chi connectivity index (χ2v) is 45.4. The van der Waals surface area contributed by atoms with Crippen molar-refractivity contribution in [1.29, 1.82) is 0 Å².